The molecule has 0 N–H and O–H groups in total. The average Bonchev–Trinajstić information content (AvgIpc) is 2.63. The molecule has 2 aliphatic heterocycles. The predicted molar refractivity (Wildman–Crippen MR) is 50.5 cm³/mol. The van der Waals surface area contributed by atoms with E-state index in [-0.39, 0.29) is 18.2 Å². The summed E-state index contributed by atoms with van der Waals surface area (Å²) in [5.74, 6) is -0.235. The first-order valence-corrected chi connectivity index (χ1v) is 5.25. The van der Waals surface area contributed by atoms with E-state index in [9.17, 15) is 4.79 Å². The van der Waals surface area contributed by atoms with Crippen LogP contribution < -0.4 is 0 Å². The Kier molecular flexibility index (Phi) is 2.43. The fourth-order valence-electron chi connectivity index (χ4n) is 1.80. The summed E-state index contributed by atoms with van der Waals surface area (Å²) in [4.78, 5) is 11.5. The number of esters is 1. The maximum Gasteiger partial charge on any atom is 0.337 e. The van der Waals surface area contributed by atoms with Crippen molar-refractivity contribution in [3.8, 4) is 0 Å². The van der Waals surface area contributed by atoms with Gasteiger partial charge in [0.15, 0.2) is 0 Å². The van der Waals surface area contributed by atoms with Gasteiger partial charge in [-0.25, -0.2) is 4.79 Å². The predicted octanol–water partition coefficient (Wildman–Crippen LogP) is 1.76. The first-order valence-electron chi connectivity index (χ1n) is 4.46. The van der Waals surface area contributed by atoms with Crippen molar-refractivity contribution in [3.63, 3.8) is 0 Å². The van der Waals surface area contributed by atoms with Crippen LogP contribution in [-0.4, -0.2) is 24.8 Å². The van der Waals surface area contributed by atoms with E-state index in [4.69, 9.17) is 9.47 Å². The molecule has 2 heterocycles. The summed E-state index contributed by atoms with van der Waals surface area (Å²) in [5.41, 5.74) is 0.693. The fourth-order valence-corrected chi connectivity index (χ4v) is 2.56. The molecule has 72 valence electrons. The standard InChI is InChI=1S/C9H11BrO3/c1-2-12-9(11)7-5-3-4-6(13-5)8(7)10/h5-6H,2-4H2,1H3. The summed E-state index contributed by atoms with van der Waals surface area (Å²) in [5, 5.41) is 0. The van der Waals surface area contributed by atoms with Gasteiger partial charge in [-0.05, 0) is 19.8 Å². The Morgan fingerprint density at radius 1 is 1.62 bits per heavy atom. The molecule has 2 aliphatic rings. The SMILES string of the molecule is CCOC(=O)C1=C(Br)C2CCC1O2. The van der Waals surface area contributed by atoms with Gasteiger partial charge in [-0.2, -0.15) is 0 Å². The van der Waals surface area contributed by atoms with Crippen LogP contribution in [0.25, 0.3) is 0 Å². The van der Waals surface area contributed by atoms with Gasteiger partial charge in [0.1, 0.15) is 0 Å². The highest BCUT2D eigenvalue weighted by Crippen LogP contribution is 2.42. The molecule has 0 radical (unpaired) electrons. The monoisotopic (exact) mass is 246 g/mol. The molecule has 13 heavy (non-hydrogen) atoms. The van der Waals surface area contributed by atoms with Crippen molar-refractivity contribution in [3.05, 3.63) is 10.1 Å². The van der Waals surface area contributed by atoms with Gasteiger partial charge in [0, 0.05) is 4.48 Å². The van der Waals surface area contributed by atoms with Gasteiger partial charge in [-0.15, -0.1) is 0 Å². The van der Waals surface area contributed by atoms with Crippen molar-refractivity contribution in [2.45, 2.75) is 32.0 Å². The quantitative estimate of drug-likeness (QED) is 0.697. The molecule has 3 nitrogen and oxygen atoms in total. The topological polar surface area (TPSA) is 35.5 Å². The number of ether oxygens (including phenoxy) is 2. The number of fused-ring (bicyclic) bond motifs is 2. The maximum atomic E-state index is 11.5. The number of hydrogen-bond donors (Lipinski definition) is 0. The molecule has 4 heteroatoms. The molecule has 1 fully saturated rings. The van der Waals surface area contributed by atoms with Crippen LogP contribution in [0.3, 0.4) is 0 Å². The summed E-state index contributed by atoms with van der Waals surface area (Å²) >= 11 is 3.39. The molecule has 0 amide bonds. The second-order valence-corrected chi connectivity index (χ2v) is 4.03. The van der Waals surface area contributed by atoms with Crippen molar-refractivity contribution in [1.29, 1.82) is 0 Å². The zero-order valence-corrected chi connectivity index (χ0v) is 8.96. The molecular formula is C9H11BrO3. The molecule has 2 rings (SSSR count). The van der Waals surface area contributed by atoms with Gasteiger partial charge in [0.25, 0.3) is 0 Å². The van der Waals surface area contributed by atoms with E-state index in [1.807, 2.05) is 0 Å². The van der Waals surface area contributed by atoms with Gasteiger partial charge >= 0.3 is 5.97 Å². The molecule has 2 unspecified atom stereocenters. The summed E-state index contributed by atoms with van der Waals surface area (Å²) < 4.78 is 11.4. The van der Waals surface area contributed by atoms with Crippen molar-refractivity contribution in [2.75, 3.05) is 6.61 Å². The third kappa shape index (κ3) is 1.42. The van der Waals surface area contributed by atoms with E-state index < -0.39 is 0 Å². The van der Waals surface area contributed by atoms with E-state index in [0.717, 1.165) is 17.3 Å². The molecule has 0 aromatic heterocycles. The molecular weight excluding hydrogens is 236 g/mol. The zero-order chi connectivity index (χ0) is 9.42. The average molecular weight is 247 g/mol. The van der Waals surface area contributed by atoms with Crippen molar-refractivity contribution >= 4 is 21.9 Å². The lowest BCUT2D eigenvalue weighted by Crippen LogP contribution is -2.18. The first-order chi connectivity index (χ1) is 6.24. The Morgan fingerprint density at radius 3 is 2.85 bits per heavy atom. The Labute approximate surface area is 85.2 Å². The summed E-state index contributed by atoms with van der Waals surface area (Å²) in [6.07, 6.45) is 2.02. The van der Waals surface area contributed by atoms with Crippen LogP contribution in [-0.2, 0) is 14.3 Å². The van der Waals surface area contributed by atoms with Crippen LogP contribution in [0.1, 0.15) is 19.8 Å². The van der Waals surface area contributed by atoms with E-state index in [1.165, 1.54) is 0 Å². The normalized spacial score (nSPS) is 31.2. The number of rotatable bonds is 2. The number of hydrogen-bond acceptors (Lipinski definition) is 3. The highest BCUT2D eigenvalue weighted by Gasteiger charge is 2.42. The molecule has 0 aliphatic carbocycles. The molecule has 2 bridgehead atoms. The largest absolute Gasteiger partial charge is 0.463 e. The Morgan fingerprint density at radius 2 is 2.31 bits per heavy atom. The minimum Gasteiger partial charge on any atom is -0.463 e. The molecule has 0 spiro atoms. The van der Waals surface area contributed by atoms with Crippen LogP contribution in [0.4, 0.5) is 0 Å². The third-order valence-corrected chi connectivity index (χ3v) is 3.31. The fraction of sp³-hybridized carbons (Fsp3) is 0.667. The lowest BCUT2D eigenvalue weighted by molar-refractivity contribution is -0.139. The lowest BCUT2D eigenvalue weighted by atomic mass is 10.00. The van der Waals surface area contributed by atoms with E-state index >= 15 is 0 Å². The van der Waals surface area contributed by atoms with Crippen LogP contribution in [0.5, 0.6) is 0 Å². The summed E-state index contributed by atoms with van der Waals surface area (Å²) in [6, 6.07) is 0. The van der Waals surface area contributed by atoms with Crippen LogP contribution in [0, 0.1) is 0 Å². The molecule has 0 aromatic rings. The van der Waals surface area contributed by atoms with Crippen LogP contribution in [0.2, 0.25) is 0 Å². The van der Waals surface area contributed by atoms with E-state index in [0.29, 0.717) is 12.2 Å². The summed E-state index contributed by atoms with van der Waals surface area (Å²) in [7, 11) is 0. The van der Waals surface area contributed by atoms with Gasteiger partial charge in [0.2, 0.25) is 0 Å². The Balaban J connectivity index is 2.18. The molecule has 2 atom stereocenters. The third-order valence-electron chi connectivity index (χ3n) is 2.38. The maximum absolute atomic E-state index is 11.5. The number of halogens is 1. The van der Waals surface area contributed by atoms with Gasteiger partial charge < -0.3 is 9.47 Å². The minimum absolute atomic E-state index is 0.0292. The molecule has 0 aromatic carbocycles. The summed E-state index contributed by atoms with van der Waals surface area (Å²) in [6.45, 7) is 2.22. The van der Waals surface area contributed by atoms with Crippen LogP contribution >= 0.6 is 15.9 Å². The number of carbonyl (C=O) groups is 1. The molecule has 1 saturated heterocycles. The minimum atomic E-state index is -0.235. The smallest absolute Gasteiger partial charge is 0.337 e. The van der Waals surface area contributed by atoms with Crippen LogP contribution in [0.15, 0.2) is 10.1 Å². The highest BCUT2D eigenvalue weighted by atomic mass is 79.9. The Hall–Kier alpha value is -0.350. The second-order valence-electron chi connectivity index (χ2n) is 3.17. The van der Waals surface area contributed by atoms with Gasteiger partial charge in [-0.3, -0.25) is 0 Å². The van der Waals surface area contributed by atoms with E-state index in [2.05, 4.69) is 15.9 Å². The molecule has 0 saturated carbocycles. The zero-order valence-electron chi connectivity index (χ0n) is 7.38. The van der Waals surface area contributed by atoms with Gasteiger partial charge in [-0.1, -0.05) is 15.9 Å². The van der Waals surface area contributed by atoms with Crippen molar-refractivity contribution in [1.82, 2.24) is 0 Å². The van der Waals surface area contributed by atoms with Crippen molar-refractivity contribution in [2.24, 2.45) is 0 Å². The first kappa shape index (κ1) is 9.21. The second kappa shape index (κ2) is 3.42. The van der Waals surface area contributed by atoms with E-state index in [1.54, 1.807) is 6.92 Å². The Bertz CT molecular complexity index is 272. The van der Waals surface area contributed by atoms with Gasteiger partial charge in [0.05, 0.1) is 24.4 Å². The highest BCUT2D eigenvalue weighted by molar-refractivity contribution is 9.11. The van der Waals surface area contributed by atoms with Crippen molar-refractivity contribution < 1.29 is 14.3 Å². The lowest BCUT2D eigenvalue weighted by Gasteiger charge is -2.10. The number of carbonyl (C=O) groups excluding carboxylic acids is 1.